The first-order valence-electron chi connectivity index (χ1n) is 7.69. The van der Waals surface area contributed by atoms with Crippen LogP contribution in [-0.2, 0) is 9.59 Å². The second kappa shape index (κ2) is 7.25. The van der Waals surface area contributed by atoms with E-state index in [0.29, 0.717) is 17.9 Å². The highest BCUT2D eigenvalue weighted by Crippen LogP contribution is 2.29. The fourth-order valence-electron chi connectivity index (χ4n) is 2.58. The number of benzene rings is 1. The Morgan fingerprint density at radius 2 is 2.17 bits per heavy atom. The summed E-state index contributed by atoms with van der Waals surface area (Å²) in [6, 6.07) is 5.91. The first-order chi connectivity index (χ1) is 10.8. The fraction of sp³-hybridized carbons (Fsp3) is 0.529. The van der Waals surface area contributed by atoms with Crippen molar-refractivity contribution in [3.05, 3.63) is 29.3 Å². The quantitative estimate of drug-likeness (QED) is 0.834. The molecule has 23 heavy (non-hydrogen) atoms. The lowest BCUT2D eigenvalue weighted by Crippen LogP contribution is -2.55. The van der Waals surface area contributed by atoms with Crippen molar-refractivity contribution in [2.24, 2.45) is 0 Å². The molecule has 1 heterocycles. The van der Waals surface area contributed by atoms with Crippen molar-refractivity contribution in [2.75, 3.05) is 18.1 Å². The SMILES string of the molecule is Cc1ccc(C(C)C)c(OCC(=O)NC2(C(=O)O)CCSC2)c1. The number of hydrogen-bond acceptors (Lipinski definition) is 4. The predicted molar refractivity (Wildman–Crippen MR) is 91.2 cm³/mol. The van der Waals surface area contributed by atoms with Crippen molar-refractivity contribution in [1.29, 1.82) is 0 Å². The van der Waals surface area contributed by atoms with Gasteiger partial charge in [-0.1, -0.05) is 26.0 Å². The standard InChI is InChI=1S/C17H23NO4S/c1-11(2)13-5-4-12(3)8-14(13)22-9-15(19)18-17(16(20)21)6-7-23-10-17/h4-5,8,11H,6-7,9-10H2,1-3H3,(H,18,19)(H,20,21). The predicted octanol–water partition coefficient (Wildman–Crippen LogP) is 2.57. The third-order valence-electron chi connectivity index (χ3n) is 3.96. The van der Waals surface area contributed by atoms with E-state index in [1.165, 1.54) is 11.8 Å². The van der Waals surface area contributed by atoms with Crippen LogP contribution in [0.25, 0.3) is 0 Å². The van der Waals surface area contributed by atoms with Crippen molar-refractivity contribution in [2.45, 2.75) is 38.6 Å². The summed E-state index contributed by atoms with van der Waals surface area (Å²) in [5.41, 5.74) is 0.935. The summed E-state index contributed by atoms with van der Waals surface area (Å²) in [5, 5.41) is 12.0. The van der Waals surface area contributed by atoms with Crippen molar-refractivity contribution < 1.29 is 19.4 Å². The van der Waals surface area contributed by atoms with Gasteiger partial charge in [0, 0.05) is 5.75 Å². The number of carbonyl (C=O) groups excluding carboxylic acids is 1. The second-order valence-corrected chi connectivity index (χ2v) is 7.33. The van der Waals surface area contributed by atoms with Gasteiger partial charge in [-0.25, -0.2) is 4.79 Å². The molecular weight excluding hydrogens is 314 g/mol. The number of carboxylic acids is 1. The molecule has 0 bridgehead atoms. The molecule has 1 amide bonds. The number of thioether (sulfide) groups is 1. The van der Waals surface area contributed by atoms with Gasteiger partial charge in [-0.15, -0.1) is 0 Å². The minimum Gasteiger partial charge on any atom is -0.483 e. The van der Waals surface area contributed by atoms with E-state index in [0.717, 1.165) is 16.9 Å². The Hall–Kier alpha value is -1.69. The number of amides is 1. The zero-order chi connectivity index (χ0) is 17.0. The van der Waals surface area contributed by atoms with Gasteiger partial charge in [0.05, 0.1) is 0 Å². The van der Waals surface area contributed by atoms with Crippen LogP contribution in [0.5, 0.6) is 5.75 Å². The van der Waals surface area contributed by atoms with E-state index < -0.39 is 17.4 Å². The number of rotatable bonds is 6. The lowest BCUT2D eigenvalue weighted by molar-refractivity contribution is -0.146. The summed E-state index contributed by atoms with van der Waals surface area (Å²) in [7, 11) is 0. The van der Waals surface area contributed by atoms with Gasteiger partial charge in [0.15, 0.2) is 6.61 Å². The minimum absolute atomic E-state index is 0.178. The molecular formula is C17H23NO4S. The third-order valence-corrected chi connectivity index (χ3v) is 5.15. The zero-order valence-corrected chi connectivity index (χ0v) is 14.5. The molecule has 1 saturated heterocycles. The number of aryl methyl sites for hydroxylation is 1. The number of nitrogens with one attached hydrogen (secondary N) is 1. The van der Waals surface area contributed by atoms with Crippen LogP contribution >= 0.6 is 11.8 Å². The molecule has 1 atom stereocenters. The number of ether oxygens (including phenoxy) is 1. The molecule has 1 aromatic carbocycles. The van der Waals surface area contributed by atoms with Gasteiger partial charge in [0.25, 0.3) is 5.91 Å². The fourth-order valence-corrected chi connectivity index (χ4v) is 3.90. The number of hydrogen-bond donors (Lipinski definition) is 2. The van der Waals surface area contributed by atoms with Crippen LogP contribution in [0, 0.1) is 6.92 Å². The van der Waals surface area contributed by atoms with Crippen molar-refractivity contribution >= 4 is 23.6 Å². The van der Waals surface area contributed by atoms with E-state index in [2.05, 4.69) is 19.2 Å². The molecule has 2 rings (SSSR count). The van der Waals surface area contributed by atoms with Crippen LogP contribution in [-0.4, -0.2) is 40.6 Å². The van der Waals surface area contributed by atoms with Gasteiger partial charge in [0.2, 0.25) is 0 Å². The monoisotopic (exact) mass is 337 g/mol. The summed E-state index contributed by atoms with van der Waals surface area (Å²) in [6.07, 6.45) is 0.445. The lowest BCUT2D eigenvalue weighted by atomic mass is 9.99. The van der Waals surface area contributed by atoms with E-state index in [9.17, 15) is 14.7 Å². The maximum absolute atomic E-state index is 12.1. The van der Waals surface area contributed by atoms with Crippen molar-refractivity contribution in [1.82, 2.24) is 5.32 Å². The summed E-state index contributed by atoms with van der Waals surface area (Å²) < 4.78 is 5.66. The van der Waals surface area contributed by atoms with E-state index in [1.807, 2.05) is 25.1 Å². The van der Waals surface area contributed by atoms with Gasteiger partial charge in [-0.3, -0.25) is 4.79 Å². The molecule has 0 aromatic heterocycles. The van der Waals surface area contributed by atoms with Gasteiger partial charge in [-0.2, -0.15) is 11.8 Å². The van der Waals surface area contributed by atoms with Crippen LogP contribution in [0.3, 0.4) is 0 Å². The van der Waals surface area contributed by atoms with Crippen molar-refractivity contribution in [3.63, 3.8) is 0 Å². The summed E-state index contributed by atoms with van der Waals surface area (Å²) in [4.78, 5) is 23.6. The Labute approximate surface area is 140 Å². The molecule has 1 aliphatic heterocycles. The van der Waals surface area contributed by atoms with E-state index >= 15 is 0 Å². The Bertz CT molecular complexity index is 594. The molecule has 6 heteroatoms. The first-order valence-corrected chi connectivity index (χ1v) is 8.85. The Morgan fingerprint density at radius 1 is 1.43 bits per heavy atom. The molecule has 1 aliphatic rings. The van der Waals surface area contributed by atoms with E-state index in [1.54, 1.807) is 0 Å². The molecule has 0 radical (unpaired) electrons. The molecule has 2 N–H and O–H groups in total. The topological polar surface area (TPSA) is 75.6 Å². The third kappa shape index (κ3) is 4.19. The Balaban J connectivity index is 2.02. The molecule has 126 valence electrons. The minimum atomic E-state index is -1.15. The summed E-state index contributed by atoms with van der Waals surface area (Å²) in [6.45, 7) is 5.91. The lowest BCUT2D eigenvalue weighted by Gasteiger charge is -2.24. The Kier molecular flexibility index (Phi) is 5.57. The second-order valence-electron chi connectivity index (χ2n) is 6.22. The van der Waals surface area contributed by atoms with E-state index in [-0.39, 0.29) is 12.5 Å². The zero-order valence-electron chi connectivity index (χ0n) is 13.7. The molecule has 1 fully saturated rings. The van der Waals surface area contributed by atoms with Crippen LogP contribution in [0.4, 0.5) is 0 Å². The Morgan fingerprint density at radius 3 is 2.74 bits per heavy atom. The highest BCUT2D eigenvalue weighted by atomic mass is 32.2. The van der Waals surface area contributed by atoms with Crippen LogP contribution < -0.4 is 10.1 Å². The normalized spacial score (nSPS) is 20.5. The smallest absolute Gasteiger partial charge is 0.330 e. The number of aliphatic carboxylic acids is 1. The molecule has 1 unspecified atom stereocenters. The molecule has 0 aliphatic carbocycles. The van der Waals surface area contributed by atoms with Crippen LogP contribution in [0.2, 0.25) is 0 Å². The first kappa shape index (κ1) is 17.7. The summed E-state index contributed by atoms with van der Waals surface area (Å²) >= 11 is 1.54. The molecule has 1 aromatic rings. The van der Waals surface area contributed by atoms with E-state index in [4.69, 9.17) is 4.74 Å². The maximum atomic E-state index is 12.1. The average molecular weight is 337 g/mol. The van der Waals surface area contributed by atoms with Crippen LogP contribution in [0.15, 0.2) is 18.2 Å². The number of carboxylic acid groups (broad SMARTS) is 1. The summed E-state index contributed by atoms with van der Waals surface area (Å²) in [5.74, 6) is 0.726. The molecule has 0 saturated carbocycles. The van der Waals surface area contributed by atoms with Crippen LogP contribution in [0.1, 0.15) is 37.3 Å². The average Bonchev–Trinajstić information content (AvgIpc) is 2.94. The highest BCUT2D eigenvalue weighted by Gasteiger charge is 2.43. The highest BCUT2D eigenvalue weighted by molar-refractivity contribution is 7.99. The van der Waals surface area contributed by atoms with Gasteiger partial charge >= 0.3 is 5.97 Å². The molecule has 0 spiro atoms. The number of carbonyl (C=O) groups is 2. The van der Waals surface area contributed by atoms with Gasteiger partial charge in [-0.05, 0) is 42.2 Å². The maximum Gasteiger partial charge on any atom is 0.330 e. The van der Waals surface area contributed by atoms with Gasteiger partial charge in [0.1, 0.15) is 11.3 Å². The largest absolute Gasteiger partial charge is 0.483 e. The molecule has 5 nitrogen and oxygen atoms in total. The van der Waals surface area contributed by atoms with Crippen molar-refractivity contribution in [3.8, 4) is 5.75 Å². The van der Waals surface area contributed by atoms with Gasteiger partial charge < -0.3 is 15.2 Å².